The maximum absolute atomic E-state index is 13.5. The highest BCUT2D eigenvalue weighted by atomic mass is 16.5. The second-order valence-corrected chi connectivity index (χ2v) is 17.4. The van der Waals surface area contributed by atoms with Gasteiger partial charge in [0.15, 0.2) is 23.0 Å². The minimum Gasteiger partial charge on any atom is -0.493 e. The Bertz CT molecular complexity index is 2320. The van der Waals surface area contributed by atoms with Crippen LogP contribution in [-0.4, -0.2) is 134 Å². The van der Waals surface area contributed by atoms with Crippen molar-refractivity contribution in [3.63, 3.8) is 0 Å². The number of ether oxygens (including phenoxy) is 6. The van der Waals surface area contributed by atoms with Crippen LogP contribution in [0.2, 0.25) is 0 Å². The molecule has 2 heterocycles. The molecule has 0 unspecified atom stereocenters. The zero-order valence-electron chi connectivity index (χ0n) is 42.3. The number of fused-ring (bicyclic) bond motifs is 2. The molecular formula is C54H68N4O14. The lowest BCUT2D eigenvalue weighted by atomic mass is 9.92. The lowest BCUT2D eigenvalue weighted by molar-refractivity contribution is -0.153. The summed E-state index contributed by atoms with van der Waals surface area (Å²) in [4.78, 5) is 79.1. The number of aliphatic carboxylic acids is 2. The Hall–Kier alpha value is -7.18. The van der Waals surface area contributed by atoms with Gasteiger partial charge in [0.25, 0.3) is 0 Å². The van der Waals surface area contributed by atoms with Crippen LogP contribution in [0.15, 0.2) is 84.9 Å². The molecule has 0 radical (unpaired) electrons. The number of rotatable bonds is 22. The van der Waals surface area contributed by atoms with E-state index < -0.39 is 71.9 Å². The van der Waals surface area contributed by atoms with Crippen LogP contribution in [0.3, 0.4) is 0 Å². The first kappa shape index (κ1) is 55.7. The number of carboxylic acids is 2. The van der Waals surface area contributed by atoms with Crippen LogP contribution in [0.4, 0.5) is 0 Å². The highest BCUT2D eigenvalue weighted by molar-refractivity contribution is 5.89. The number of methoxy groups -OCH3 is 4. The highest BCUT2D eigenvalue weighted by Gasteiger charge is 2.40. The van der Waals surface area contributed by atoms with Gasteiger partial charge in [0.2, 0.25) is 11.8 Å². The van der Waals surface area contributed by atoms with E-state index in [9.17, 15) is 39.0 Å². The summed E-state index contributed by atoms with van der Waals surface area (Å²) in [7, 11) is 6.07. The lowest BCUT2D eigenvalue weighted by Crippen LogP contribution is -2.56. The molecule has 0 spiro atoms. The number of benzene rings is 4. The summed E-state index contributed by atoms with van der Waals surface area (Å²) >= 11 is 0. The molecule has 0 aliphatic carbocycles. The van der Waals surface area contributed by atoms with E-state index in [1.807, 2.05) is 60.7 Å². The van der Waals surface area contributed by atoms with E-state index in [0.29, 0.717) is 48.7 Å². The molecule has 388 valence electrons. The standard InChI is InChI=1S/2C27H34N2O7/c2*1-5-36-27(33)21(12-11-18-9-7-6-8-10-18)28-17(2)25(30)29-16-20-15-24(35-4)23(34-3)14-19(20)13-22(29)26(31)32/h2*6-10,14-15,17,21-22,28H,5,11-13,16H2,1-4H3,(H,31,32)/t2*17-,21-,22-/m00/s1. The summed E-state index contributed by atoms with van der Waals surface area (Å²) in [5, 5.41) is 26.0. The average Bonchev–Trinajstić information content (AvgIpc) is 3.39. The molecule has 6 atom stereocenters. The van der Waals surface area contributed by atoms with Gasteiger partial charge in [-0.05, 0) is 111 Å². The fraction of sp³-hybridized carbons (Fsp3) is 0.444. The predicted octanol–water partition coefficient (Wildman–Crippen LogP) is 5.17. The third-order valence-electron chi connectivity index (χ3n) is 12.7. The summed E-state index contributed by atoms with van der Waals surface area (Å²) in [5.74, 6) is -1.86. The first-order valence-corrected chi connectivity index (χ1v) is 24.0. The largest absolute Gasteiger partial charge is 0.493 e. The maximum atomic E-state index is 13.5. The van der Waals surface area contributed by atoms with Crippen molar-refractivity contribution in [1.82, 2.24) is 20.4 Å². The number of carbonyl (C=O) groups excluding carboxylic acids is 4. The van der Waals surface area contributed by atoms with Crippen LogP contribution in [0, 0.1) is 0 Å². The van der Waals surface area contributed by atoms with Crippen molar-refractivity contribution in [2.75, 3.05) is 41.7 Å². The number of nitrogens with one attached hydrogen (secondary N) is 2. The van der Waals surface area contributed by atoms with Gasteiger partial charge < -0.3 is 48.4 Å². The number of hydrogen-bond acceptors (Lipinski definition) is 14. The van der Waals surface area contributed by atoms with Gasteiger partial charge in [0.1, 0.15) is 24.2 Å². The van der Waals surface area contributed by atoms with Crippen LogP contribution in [-0.2, 0) is 77.0 Å². The van der Waals surface area contributed by atoms with Crippen molar-refractivity contribution in [2.24, 2.45) is 0 Å². The first-order valence-electron chi connectivity index (χ1n) is 24.0. The van der Waals surface area contributed by atoms with Gasteiger partial charge in [-0.25, -0.2) is 9.59 Å². The fourth-order valence-electron chi connectivity index (χ4n) is 8.91. The molecular weight excluding hydrogens is 929 g/mol. The van der Waals surface area contributed by atoms with E-state index in [1.165, 1.54) is 38.2 Å². The molecule has 4 N–H and O–H groups in total. The Morgan fingerprint density at radius 3 is 1.15 bits per heavy atom. The van der Waals surface area contributed by atoms with Crippen molar-refractivity contribution >= 4 is 35.7 Å². The van der Waals surface area contributed by atoms with E-state index in [1.54, 1.807) is 52.0 Å². The first-order chi connectivity index (χ1) is 34.6. The number of hydrogen-bond donors (Lipinski definition) is 4. The normalized spacial score (nSPS) is 16.4. The fourth-order valence-corrected chi connectivity index (χ4v) is 8.91. The molecule has 4 aromatic rings. The van der Waals surface area contributed by atoms with Gasteiger partial charge in [0, 0.05) is 25.9 Å². The molecule has 4 aromatic carbocycles. The Morgan fingerprint density at radius 1 is 0.542 bits per heavy atom. The third-order valence-corrected chi connectivity index (χ3v) is 12.7. The number of carbonyl (C=O) groups is 6. The van der Waals surface area contributed by atoms with E-state index in [0.717, 1.165) is 33.4 Å². The number of aryl methyl sites for hydroxylation is 2. The van der Waals surface area contributed by atoms with Gasteiger partial charge in [-0.3, -0.25) is 29.8 Å². The Labute approximate surface area is 420 Å². The van der Waals surface area contributed by atoms with Crippen molar-refractivity contribution < 1.29 is 67.4 Å². The topological polar surface area (TPSA) is 229 Å². The van der Waals surface area contributed by atoms with Gasteiger partial charge in [-0.1, -0.05) is 60.7 Å². The van der Waals surface area contributed by atoms with Gasteiger partial charge in [0.05, 0.1) is 53.7 Å². The highest BCUT2D eigenvalue weighted by Crippen LogP contribution is 2.36. The maximum Gasteiger partial charge on any atom is 0.326 e. The van der Waals surface area contributed by atoms with Gasteiger partial charge in [-0.2, -0.15) is 0 Å². The summed E-state index contributed by atoms with van der Waals surface area (Å²) in [6.07, 6.45) is 2.38. The third kappa shape index (κ3) is 14.5. The quantitative estimate of drug-likeness (QED) is 0.0745. The van der Waals surface area contributed by atoms with E-state index in [-0.39, 0.29) is 39.1 Å². The average molecular weight is 997 g/mol. The zero-order chi connectivity index (χ0) is 52.5. The Balaban J connectivity index is 0.000000267. The Morgan fingerprint density at radius 2 is 0.861 bits per heavy atom. The number of nitrogens with zero attached hydrogens (tertiary/aromatic N) is 2. The van der Waals surface area contributed by atoms with Crippen LogP contribution >= 0.6 is 0 Å². The predicted molar refractivity (Wildman–Crippen MR) is 266 cm³/mol. The lowest BCUT2D eigenvalue weighted by Gasteiger charge is -2.37. The van der Waals surface area contributed by atoms with Crippen molar-refractivity contribution in [3.05, 3.63) is 118 Å². The molecule has 0 saturated heterocycles. The molecule has 18 nitrogen and oxygen atoms in total. The van der Waals surface area contributed by atoms with Crippen LogP contribution in [0.25, 0.3) is 0 Å². The zero-order valence-corrected chi connectivity index (χ0v) is 42.3. The molecule has 2 aliphatic heterocycles. The smallest absolute Gasteiger partial charge is 0.326 e. The number of amides is 2. The number of esters is 2. The minimum atomic E-state index is -1.10. The van der Waals surface area contributed by atoms with E-state index in [4.69, 9.17) is 28.4 Å². The monoisotopic (exact) mass is 996 g/mol. The second kappa shape index (κ2) is 26.9. The van der Waals surface area contributed by atoms with E-state index >= 15 is 0 Å². The SMILES string of the molecule is CCOC(=O)[C@H](CCc1ccccc1)N[C@@H](C)C(=O)N1Cc2cc(OC)c(OC)cc2C[C@H]1C(=O)O.CCOC(=O)[C@H](CCc1ccccc1)N[C@@H](C)C(=O)N1Cc2cc(OC)c(OC)cc2C[C@H]1C(=O)O. The van der Waals surface area contributed by atoms with Crippen LogP contribution in [0.1, 0.15) is 73.9 Å². The molecule has 0 fully saturated rings. The molecule has 2 amide bonds. The summed E-state index contributed by atoms with van der Waals surface area (Å²) in [6.45, 7) is 7.39. The molecule has 6 rings (SSSR count). The molecule has 0 bridgehead atoms. The number of carboxylic acid groups (broad SMARTS) is 2. The molecule has 0 saturated carbocycles. The van der Waals surface area contributed by atoms with Gasteiger partial charge in [-0.15, -0.1) is 0 Å². The van der Waals surface area contributed by atoms with E-state index in [2.05, 4.69) is 10.6 Å². The van der Waals surface area contributed by atoms with Crippen LogP contribution in [0.5, 0.6) is 23.0 Å². The summed E-state index contributed by atoms with van der Waals surface area (Å²) in [6, 6.07) is 21.4. The molecule has 2 aliphatic rings. The molecule has 18 heteroatoms. The van der Waals surface area contributed by atoms with Crippen molar-refractivity contribution in [3.8, 4) is 23.0 Å². The summed E-state index contributed by atoms with van der Waals surface area (Å²) < 4.78 is 31.9. The molecule has 72 heavy (non-hydrogen) atoms. The van der Waals surface area contributed by atoms with Crippen molar-refractivity contribution in [2.45, 2.75) is 116 Å². The Kier molecular flexibility index (Phi) is 20.8. The van der Waals surface area contributed by atoms with Gasteiger partial charge >= 0.3 is 23.9 Å². The van der Waals surface area contributed by atoms with Crippen molar-refractivity contribution in [1.29, 1.82) is 0 Å². The second-order valence-electron chi connectivity index (χ2n) is 17.4. The van der Waals surface area contributed by atoms with Crippen LogP contribution < -0.4 is 29.6 Å². The molecule has 0 aromatic heterocycles. The summed E-state index contributed by atoms with van der Waals surface area (Å²) in [5.41, 5.74) is 5.29. The minimum absolute atomic E-state index is 0.103.